The van der Waals surface area contributed by atoms with Crippen molar-refractivity contribution < 1.29 is 14.3 Å². The molecule has 0 fully saturated rings. The van der Waals surface area contributed by atoms with E-state index in [1.807, 2.05) is 37.4 Å². The molecule has 1 aliphatic rings. The number of hydrogen-bond donors (Lipinski definition) is 1. The second kappa shape index (κ2) is 9.69. The number of anilines is 1. The topological polar surface area (TPSA) is 58.6 Å². The maximum absolute atomic E-state index is 12.4. The summed E-state index contributed by atoms with van der Waals surface area (Å²) < 4.78 is 5.22. The normalized spacial score (nSPS) is 13.7. The van der Waals surface area contributed by atoms with E-state index in [4.69, 9.17) is 4.74 Å². The molecule has 1 aromatic carbocycles. The Morgan fingerprint density at radius 3 is 2.74 bits per heavy atom. The van der Waals surface area contributed by atoms with Gasteiger partial charge in [-0.3, -0.25) is 4.79 Å². The van der Waals surface area contributed by atoms with Crippen LogP contribution >= 0.6 is 23.7 Å². The monoisotopic (exact) mass is 406 g/mol. The number of benzene rings is 1. The molecule has 5 nitrogen and oxygen atoms in total. The smallest absolute Gasteiger partial charge is 0.341 e. The minimum absolute atomic E-state index is 0. The minimum atomic E-state index is -0.364. The molecule has 3 rings (SSSR count). The van der Waals surface area contributed by atoms with Crippen LogP contribution in [0.5, 0.6) is 0 Å². The second-order valence-corrected chi connectivity index (χ2v) is 7.25. The van der Waals surface area contributed by atoms with E-state index in [0.717, 1.165) is 35.5 Å². The van der Waals surface area contributed by atoms with Gasteiger partial charge in [-0.2, -0.15) is 0 Å². The molecule has 0 radical (unpaired) electrons. The number of thiophene rings is 1. The SMILES string of the molecule is CCOC(=O)c1c(NC(=O)/C=C\c2ccccc2)sc2c1CCN(C)C2.Cl. The largest absolute Gasteiger partial charge is 0.462 e. The molecule has 1 N–H and O–H groups in total. The molecule has 0 saturated heterocycles. The van der Waals surface area contributed by atoms with Crippen molar-refractivity contribution in [1.29, 1.82) is 0 Å². The van der Waals surface area contributed by atoms with Gasteiger partial charge in [0.2, 0.25) is 5.91 Å². The molecule has 0 bridgehead atoms. The van der Waals surface area contributed by atoms with Gasteiger partial charge < -0.3 is 15.0 Å². The third-order valence-electron chi connectivity index (χ3n) is 4.19. The van der Waals surface area contributed by atoms with Gasteiger partial charge in [-0.15, -0.1) is 23.7 Å². The lowest BCUT2D eigenvalue weighted by Gasteiger charge is -2.22. The van der Waals surface area contributed by atoms with Crippen molar-refractivity contribution in [3.8, 4) is 0 Å². The van der Waals surface area contributed by atoms with E-state index in [-0.39, 0.29) is 24.3 Å². The number of fused-ring (bicyclic) bond motifs is 1. The summed E-state index contributed by atoms with van der Waals surface area (Å²) in [5, 5.41) is 3.44. The van der Waals surface area contributed by atoms with Crippen molar-refractivity contribution >= 4 is 46.7 Å². The van der Waals surface area contributed by atoms with Gasteiger partial charge in [0.25, 0.3) is 0 Å². The maximum atomic E-state index is 12.4. The zero-order valence-electron chi connectivity index (χ0n) is 15.4. The molecule has 1 amide bonds. The fraction of sp³-hybridized carbons (Fsp3) is 0.300. The predicted molar refractivity (Wildman–Crippen MR) is 112 cm³/mol. The Labute approximate surface area is 169 Å². The molecule has 7 heteroatoms. The molecular formula is C20H23ClN2O3S. The summed E-state index contributed by atoms with van der Waals surface area (Å²) in [5.74, 6) is -0.622. The summed E-state index contributed by atoms with van der Waals surface area (Å²) >= 11 is 1.46. The zero-order valence-corrected chi connectivity index (χ0v) is 17.0. The first kappa shape index (κ1) is 21.2. The van der Waals surface area contributed by atoms with Crippen molar-refractivity contribution in [2.24, 2.45) is 0 Å². The highest BCUT2D eigenvalue weighted by Gasteiger charge is 2.28. The third-order valence-corrected chi connectivity index (χ3v) is 5.32. The Hall–Kier alpha value is -2.15. The molecule has 2 aromatic rings. The molecule has 0 atom stereocenters. The number of hydrogen-bond acceptors (Lipinski definition) is 5. The number of halogens is 1. The number of ether oxygens (including phenoxy) is 1. The van der Waals surface area contributed by atoms with Gasteiger partial charge in [-0.05, 0) is 37.6 Å². The molecule has 2 heterocycles. The van der Waals surface area contributed by atoms with Crippen LogP contribution in [-0.4, -0.2) is 37.0 Å². The van der Waals surface area contributed by atoms with Crippen LogP contribution in [-0.2, 0) is 22.5 Å². The minimum Gasteiger partial charge on any atom is -0.462 e. The van der Waals surface area contributed by atoms with E-state index < -0.39 is 0 Å². The van der Waals surface area contributed by atoms with Crippen LogP contribution in [0.25, 0.3) is 6.08 Å². The van der Waals surface area contributed by atoms with Gasteiger partial charge in [0, 0.05) is 24.0 Å². The van der Waals surface area contributed by atoms with E-state index in [9.17, 15) is 9.59 Å². The molecular weight excluding hydrogens is 384 g/mol. The average molecular weight is 407 g/mol. The number of nitrogens with zero attached hydrogens (tertiary/aromatic N) is 1. The van der Waals surface area contributed by atoms with Gasteiger partial charge >= 0.3 is 5.97 Å². The Morgan fingerprint density at radius 1 is 1.30 bits per heavy atom. The summed E-state index contributed by atoms with van der Waals surface area (Å²) in [4.78, 5) is 28.1. The molecule has 1 aromatic heterocycles. The number of amides is 1. The molecule has 1 aliphatic heterocycles. The Morgan fingerprint density at radius 2 is 2.04 bits per heavy atom. The molecule has 0 unspecified atom stereocenters. The molecule has 0 aliphatic carbocycles. The van der Waals surface area contributed by atoms with Crippen molar-refractivity contribution in [3.05, 3.63) is 58.0 Å². The van der Waals surface area contributed by atoms with Crippen molar-refractivity contribution in [2.75, 3.05) is 25.5 Å². The number of carbonyl (C=O) groups is 2. The van der Waals surface area contributed by atoms with Crippen molar-refractivity contribution in [1.82, 2.24) is 4.90 Å². The van der Waals surface area contributed by atoms with Crippen LogP contribution in [0.1, 0.15) is 33.3 Å². The number of nitrogens with one attached hydrogen (secondary N) is 1. The van der Waals surface area contributed by atoms with E-state index in [0.29, 0.717) is 17.2 Å². The van der Waals surface area contributed by atoms with E-state index in [2.05, 4.69) is 10.2 Å². The maximum Gasteiger partial charge on any atom is 0.341 e. The standard InChI is InChI=1S/C20H22N2O3S.ClH/c1-3-25-20(24)18-15-11-12-22(2)13-16(15)26-19(18)21-17(23)10-9-14-7-5-4-6-8-14;/h4-10H,3,11-13H2,1-2H3,(H,21,23);1H/b10-9-;. The first-order chi connectivity index (χ1) is 12.6. The summed E-state index contributed by atoms with van der Waals surface area (Å²) in [6.07, 6.45) is 4.02. The third kappa shape index (κ3) is 5.19. The number of rotatable bonds is 5. The van der Waals surface area contributed by atoms with Crippen LogP contribution in [0.3, 0.4) is 0 Å². The summed E-state index contributed by atoms with van der Waals surface area (Å²) in [6.45, 7) is 3.76. The summed E-state index contributed by atoms with van der Waals surface area (Å²) in [7, 11) is 2.05. The molecule has 0 saturated carbocycles. The second-order valence-electron chi connectivity index (χ2n) is 6.15. The van der Waals surface area contributed by atoms with Gasteiger partial charge in [0.15, 0.2) is 0 Å². The first-order valence-electron chi connectivity index (χ1n) is 8.62. The number of likely N-dealkylation sites (N-methyl/N-ethyl adjacent to an activating group) is 1. The number of carbonyl (C=O) groups excluding carboxylic acids is 2. The average Bonchev–Trinajstić information content (AvgIpc) is 2.98. The van der Waals surface area contributed by atoms with E-state index in [1.54, 1.807) is 13.0 Å². The molecule has 144 valence electrons. The van der Waals surface area contributed by atoms with Crippen LogP contribution in [0.15, 0.2) is 36.4 Å². The first-order valence-corrected chi connectivity index (χ1v) is 9.44. The molecule has 0 spiro atoms. The van der Waals surface area contributed by atoms with Gasteiger partial charge in [0.05, 0.1) is 12.2 Å². The Kier molecular flexibility index (Phi) is 7.59. The Balaban J connectivity index is 0.00000261. The number of esters is 1. The predicted octanol–water partition coefficient (Wildman–Crippen LogP) is 3.99. The zero-order chi connectivity index (χ0) is 18.5. The summed E-state index contributed by atoms with van der Waals surface area (Å²) in [5.41, 5.74) is 2.47. The lowest BCUT2D eigenvalue weighted by molar-refractivity contribution is -0.111. The van der Waals surface area contributed by atoms with Crippen molar-refractivity contribution in [2.45, 2.75) is 19.9 Å². The fourth-order valence-corrected chi connectivity index (χ4v) is 4.25. The van der Waals surface area contributed by atoms with Crippen LogP contribution in [0.2, 0.25) is 0 Å². The Bertz CT molecular complexity index is 833. The van der Waals surface area contributed by atoms with Gasteiger partial charge in [0.1, 0.15) is 5.00 Å². The van der Waals surface area contributed by atoms with Crippen LogP contribution in [0, 0.1) is 0 Å². The highest BCUT2D eigenvalue weighted by molar-refractivity contribution is 7.17. The van der Waals surface area contributed by atoms with Gasteiger partial charge in [-0.1, -0.05) is 30.3 Å². The van der Waals surface area contributed by atoms with E-state index >= 15 is 0 Å². The highest BCUT2D eigenvalue weighted by atomic mass is 35.5. The highest BCUT2D eigenvalue weighted by Crippen LogP contribution is 2.37. The summed E-state index contributed by atoms with van der Waals surface area (Å²) in [6, 6.07) is 9.61. The quantitative estimate of drug-likeness (QED) is 0.602. The fourth-order valence-electron chi connectivity index (χ4n) is 2.93. The molecule has 27 heavy (non-hydrogen) atoms. The van der Waals surface area contributed by atoms with E-state index in [1.165, 1.54) is 17.4 Å². The lowest BCUT2D eigenvalue weighted by Crippen LogP contribution is -2.26. The van der Waals surface area contributed by atoms with Crippen LogP contribution < -0.4 is 5.32 Å². The van der Waals surface area contributed by atoms with Crippen molar-refractivity contribution in [3.63, 3.8) is 0 Å². The van der Waals surface area contributed by atoms with Gasteiger partial charge in [-0.25, -0.2) is 4.79 Å². The lowest BCUT2D eigenvalue weighted by atomic mass is 10.0. The van der Waals surface area contributed by atoms with Crippen LogP contribution in [0.4, 0.5) is 5.00 Å².